The molecule has 94 valence electrons. The molecule has 1 saturated heterocycles. The third kappa shape index (κ3) is 2.65. The molecule has 5 heteroatoms. The van der Waals surface area contributed by atoms with Crippen LogP contribution in [0.5, 0.6) is 0 Å². The first kappa shape index (κ1) is 12.9. The number of amides is 1. The van der Waals surface area contributed by atoms with E-state index in [1.54, 1.807) is 0 Å². The summed E-state index contributed by atoms with van der Waals surface area (Å²) in [4.78, 5) is 13.3. The summed E-state index contributed by atoms with van der Waals surface area (Å²) in [7, 11) is 0. The average Bonchev–Trinajstić information content (AvgIpc) is 2.38. The highest BCUT2D eigenvalue weighted by Crippen LogP contribution is 2.28. The first-order chi connectivity index (χ1) is 8.61. The van der Waals surface area contributed by atoms with Gasteiger partial charge < -0.3 is 10.6 Å². The van der Waals surface area contributed by atoms with Crippen molar-refractivity contribution in [1.29, 1.82) is 5.26 Å². The highest BCUT2D eigenvalue weighted by molar-refractivity contribution is 9.10. The van der Waals surface area contributed by atoms with Crippen molar-refractivity contribution >= 4 is 27.5 Å². The van der Waals surface area contributed by atoms with Crippen molar-refractivity contribution in [1.82, 2.24) is 0 Å². The van der Waals surface area contributed by atoms with Gasteiger partial charge in [-0.2, -0.15) is 5.26 Å². The molecule has 0 unspecified atom stereocenters. The molecule has 0 spiro atoms. The van der Waals surface area contributed by atoms with Crippen molar-refractivity contribution in [2.24, 2.45) is 11.7 Å². The summed E-state index contributed by atoms with van der Waals surface area (Å²) < 4.78 is 0.898. The largest absolute Gasteiger partial charge is 0.370 e. The summed E-state index contributed by atoms with van der Waals surface area (Å²) in [6.07, 6.45) is 1.52. The van der Waals surface area contributed by atoms with E-state index in [1.165, 1.54) is 0 Å². The molecule has 2 N–H and O–H groups in total. The van der Waals surface area contributed by atoms with E-state index < -0.39 is 0 Å². The molecule has 1 aliphatic heterocycles. The molecule has 0 radical (unpaired) electrons. The highest BCUT2D eigenvalue weighted by Gasteiger charge is 2.24. The lowest BCUT2D eigenvalue weighted by Gasteiger charge is -2.32. The molecular formula is C13H14BrN3O. The fraction of sp³-hybridized carbons (Fsp3) is 0.385. The Morgan fingerprint density at radius 3 is 2.67 bits per heavy atom. The third-order valence-corrected chi connectivity index (χ3v) is 3.81. The van der Waals surface area contributed by atoms with Gasteiger partial charge in [-0.05, 0) is 31.0 Å². The number of halogens is 1. The van der Waals surface area contributed by atoms with Crippen molar-refractivity contribution in [3.63, 3.8) is 0 Å². The summed E-state index contributed by atoms with van der Waals surface area (Å²) in [6, 6.07) is 7.88. The van der Waals surface area contributed by atoms with Crippen molar-refractivity contribution in [2.75, 3.05) is 18.0 Å². The zero-order valence-electron chi connectivity index (χ0n) is 9.90. The molecule has 1 aromatic carbocycles. The molecule has 2 rings (SSSR count). The molecule has 1 heterocycles. The number of nitrogens with zero attached hydrogens (tertiary/aromatic N) is 2. The minimum Gasteiger partial charge on any atom is -0.370 e. The van der Waals surface area contributed by atoms with Crippen LogP contribution in [0.3, 0.4) is 0 Å². The summed E-state index contributed by atoms with van der Waals surface area (Å²) in [5.41, 5.74) is 6.90. The Morgan fingerprint density at radius 2 is 2.11 bits per heavy atom. The Hall–Kier alpha value is -1.54. The van der Waals surface area contributed by atoms with Gasteiger partial charge in [0.1, 0.15) is 6.07 Å². The number of carbonyl (C=O) groups is 1. The lowest BCUT2D eigenvalue weighted by molar-refractivity contribution is -0.122. The summed E-state index contributed by atoms with van der Waals surface area (Å²) in [5, 5.41) is 9.14. The molecule has 0 aromatic heterocycles. The molecule has 1 aromatic rings. The number of anilines is 1. The Kier molecular flexibility index (Phi) is 3.87. The zero-order valence-corrected chi connectivity index (χ0v) is 11.5. The Balaban J connectivity index is 2.15. The van der Waals surface area contributed by atoms with Gasteiger partial charge in [-0.1, -0.05) is 15.9 Å². The number of hydrogen-bond donors (Lipinski definition) is 1. The van der Waals surface area contributed by atoms with Crippen LogP contribution in [0.25, 0.3) is 0 Å². The number of benzene rings is 1. The number of primary amides is 1. The second-order valence-corrected chi connectivity index (χ2v) is 5.35. The number of rotatable bonds is 2. The number of carbonyl (C=O) groups excluding carboxylic acids is 1. The third-order valence-electron chi connectivity index (χ3n) is 3.32. The van der Waals surface area contributed by atoms with Gasteiger partial charge in [0, 0.05) is 23.5 Å². The smallest absolute Gasteiger partial charge is 0.220 e. The Bertz CT molecular complexity index is 501. The maximum Gasteiger partial charge on any atom is 0.220 e. The minimum atomic E-state index is -0.217. The molecular weight excluding hydrogens is 294 g/mol. The topological polar surface area (TPSA) is 70.1 Å². The SMILES string of the molecule is N#Cc1cc(Br)ccc1N1CCC(C(N)=O)CC1. The number of nitriles is 1. The average molecular weight is 308 g/mol. The van der Waals surface area contributed by atoms with E-state index >= 15 is 0 Å². The van der Waals surface area contributed by atoms with E-state index in [9.17, 15) is 4.79 Å². The van der Waals surface area contributed by atoms with Crippen LogP contribution in [0.2, 0.25) is 0 Å². The van der Waals surface area contributed by atoms with Gasteiger partial charge in [-0.15, -0.1) is 0 Å². The van der Waals surface area contributed by atoms with Gasteiger partial charge in [0.2, 0.25) is 5.91 Å². The van der Waals surface area contributed by atoms with Crippen molar-refractivity contribution in [2.45, 2.75) is 12.8 Å². The quantitative estimate of drug-likeness (QED) is 0.908. The van der Waals surface area contributed by atoms with E-state index in [0.29, 0.717) is 5.56 Å². The Morgan fingerprint density at radius 1 is 1.44 bits per heavy atom. The van der Waals surface area contributed by atoms with Crippen LogP contribution >= 0.6 is 15.9 Å². The molecule has 1 aliphatic rings. The van der Waals surface area contributed by atoms with Crippen molar-refractivity contribution in [3.8, 4) is 6.07 Å². The van der Waals surface area contributed by atoms with Crippen LogP contribution in [-0.4, -0.2) is 19.0 Å². The van der Waals surface area contributed by atoms with Crippen LogP contribution < -0.4 is 10.6 Å². The molecule has 0 aliphatic carbocycles. The van der Waals surface area contributed by atoms with Crippen LogP contribution in [0.15, 0.2) is 22.7 Å². The molecule has 18 heavy (non-hydrogen) atoms. The second-order valence-electron chi connectivity index (χ2n) is 4.44. The van der Waals surface area contributed by atoms with Gasteiger partial charge in [-0.3, -0.25) is 4.79 Å². The minimum absolute atomic E-state index is 0.0257. The lowest BCUT2D eigenvalue weighted by Crippen LogP contribution is -2.38. The molecule has 1 fully saturated rings. The van der Waals surface area contributed by atoms with Crippen LogP contribution in [0.4, 0.5) is 5.69 Å². The van der Waals surface area contributed by atoms with Crippen LogP contribution in [0, 0.1) is 17.2 Å². The van der Waals surface area contributed by atoms with Crippen LogP contribution in [0.1, 0.15) is 18.4 Å². The van der Waals surface area contributed by atoms with E-state index in [-0.39, 0.29) is 11.8 Å². The summed E-state index contributed by atoms with van der Waals surface area (Å²) in [6.45, 7) is 1.54. The molecule has 4 nitrogen and oxygen atoms in total. The van der Waals surface area contributed by atoms with E-state index in [2.05, 4.69) is 26.9 Å². The van der Waals surface area contributed by atoms with Crippen molar-refractivity contribution in [3.05, 3.63) is 28.2 Å². The fourth-order valence-electron chi connectivity index (χ4n) is 2.28. The normalized spacial score (nSPS) is 16.3. The zero-order chi connectivity index (χ0) is 13.1. The van der Waals surface area contributed by atoms with Crippen molar-refractivity contribution < 1.29 is 4.79 Å². The summed E-state index contributed by atoms with van der Waals surface area (Å²) >= 11 is 3.36. The van der Waals surface area contributed by atoms with Gasteiger partial charge in [-0.25, -0.2) is 0 Å². The highest BCUT2D eigenvalue weighted by atomic mass is 79.9. The Labute approximate surface area is 115 Å². The molecule has 1 amide bonds. The maximum atomic E-state index is 11.1. The van der Waals surface area contributed by atoms with E-state index in [1.807, 2.05) is 18.2 Å². The van der Waals surface area contributed by atoms with Gasteiger partial charge in [0.05, 0.1) is 11.3 Å². The second kappa shape index (κ2) is 5.40. The molecule has 0 atom stereocenters. The lowest BCUT2D eigenvalue weighted by atomic mass is 9.95. The van der Waals surface area contributed by atoms with Gasteiger partial charge in [0.15, 0.2) is 0 Å². The first-order valence-electron chi connectivity index (χ1n) is 5.85. The van der Waals surface area contributed by atoms with Crippen LogP contribution in [-0.2, 0) is 4.79 Å². The number of nitrogens with two attached hydrogens (primary N) is 1. The monoisotopic (exact) mass is 307 g/mol. The first-order valence-corrected chi connectivity index (χ1v) is 6.65. The fourth-order valence-corrected chi connectivity index (χ4v) is 2.64. The van der Waals surface area contributed by atoms with Gasteiger partial charge in [0.25, 0.3) is 0 Å². The summed E-state index contributed by atoms with van der Waals surface area (Å²) in [5.74, 6) is -0.242. The van der Waals surface area contributed by atoms with E-state index in [4.69, 9.17) is 11.0 Å². The molecule has 0 bridgehead atoms. The predicted molar refractivity (Wildman–Crippen MR) is 73.0 cm³/mol. The standard InChI is InChI=1S/C13H14BrN3O/c14-11-1-2-12(10(7-11)8-15)17-5-3-9(4-6-17)13(16)18/h1-2,7,9H,3-6H2,(H2,16,18). The number of piperidine rings is 1. The molecule has 0 saturated carbocycles. The number of hydrogen-bond acceptors (Lipinski definition) is 3. The predicted octanol–water partition coefficient (Wildman–Crippen LogP) is 2.02. The van der Waals surface area contributed by atoms with E-state index in [0.717, 1.165) is 36.1 Å². The van der Waals surface area contributed by atoms with Gasteiger partial charge >= 0.3 is 0 Å². The maximum absolute atomic E-state index is 11.1.